The van der Waals surface area contributed by atoms with Gasteiger partial charge in [0.15, 0.2) is 0 Å². The lowest BCUT2D eigenvalue weighted by Gasteiger charge is -2.27. The van der Waals surface area contributed by atoms with Crippen LogP contribution in [0.1, 0.15) is 31.7 Å². The summed E-state index contributed by atoms with van der Waals surface area (Å²) in [6, 6.07) is 9.98. The molecule has 1 heterocycles. The summed E-state index contributed by atoms with van der Waals surface area (Å²) in [5, 5.41) is 0. The molecular weight excluding hydrogens is 320 g/mol. The maximum atomic E-state index is 11.5. The van der Waals surface area contributed by atoms with Crippen LogP contribution >= 0.6 is 15.9 Å². The molecule has 20 heavy (non-hydrogen) atoms. The van der Waals surface area contributed by atoms with E-state index in [-0.39, 0.29) is 29.7 Å². The van der Waals surface area contributed by atoms with Crippen LogP contribution in [-0.4, -0.2) is 17.9 Å². The van der Waals surface area contributed by atoms with Crippen molar-refractivity contribution in [3.63, 3.8) is 0 Å². The van der Waals surface area contributed by atoms with Gasteiger partial charge in [0, 0.05) is 12.3 Å². The standard InChI is InChI=1S/C16H17BrO3/c1-10(18)8-13(15-9-14(17)16(19)20-15)11(2)12-6-4-3-5-7-12/h3-7,9,11,13,15H,8H2,1-2H3/t11-,13+,15+/m0/s1. The number of hydrogen-bond acceptors (Lipinski definition) is 3. The Bertz CT molecular complexity index is 536. The molecule has 0 aliphatic carbocycles. The second-order valence-electron chi connectivity index (χ2n) is 5.15. The van der Waals surface area contributed by atoms with Crippen molar-refractivity contribution < 1.29 is 14.3 Å². The molecule has 0 bridgehead atoms. The number of ether oxygens (including phenoxy) is 1. The highest BCUT2D eigenvalue weighted by atomic mass is 79.9. The van der Waals surface area contributed by atoms with Crippen molar-refractivity contribution in [2.75, 3.05) is 0 Å². The predicted octanol–water partition coefficient (Wildman–Crippen LogP) is 3.59. The van der Waals surface area contributed by atoms with E-state index in [4.69, 9.17) is 4.74 Å². The average Bonchev–Trinajstić information content (AvgIpc) is 2.76. The van der Waals surface area contributed by atoms with Crippen molar-refractivity contribution in [2.45, 2.75) is 32.3 Å². The zero-order valence-corrected chi connectivity index (χ0v) is 13.1. The van der Waals surface area contributed by atoms with Gasteiger partial charge in [-0.25, -0.2) is 4.79 Å². The van der Waals surface area contributed by atoms with Crippen LogP contribution in [0.3, 0.4) is 0 Å². The molecule has 1 aromatic rings. The zero-order valence-electron chi connectivity index (χ0n) is 11.5. The fraction of sp³-hybridized carbons (Fsp3) is 0.375. The Labute approximate surface area is 127 Å². The molecule has 3 nitrogen and oxygen atoms in total. The summed E-state index contributed by atoms with van der Waals surface area (Å²) in [5.74, 6) is -0.171. The van der Waals surface area contributed by atoms with E-state index in [1.54, 1.807) is 13.0 Å². The Balaban J connectivity index is 2.24. The number of cyclic esters (lactones) is 1. The molecule has 4 heteroatoms. The number of halogens is 1. The van der Waals surface area contributed by atoms with E-state index in [0.717, 1.165) is 5.56 Å². The minimum atomic E-state index is -0.358. The summed E-state index contributed by atoms with van der Waals surface area (Å²) >= 11 is 3.19. The lowest BCUT2D eigenvalue weighted by atomic mass is 9.81. The number of Topliss-reactive ketones (excluding diaryl/α,β-unsaturated/α-hetero) is 1. The van der Waals surface area contributed by atoms with Crippen LogP contribution < -0.4 is 0 Å². The molecule has 0 amide bonds. The number of carbonyl (C=O) groups is 2. The molecular formula is C16H17BrO3. The van der Waals surface area contributed by atoms with Gasteiger partial charge < -0.3 is 9.53 Å². The topological polar surface area (TPSA) is 43.4 Å². The Hall–Kier alpha value is -1.42. The normalized spacial score (nSPS) is 21.1. The third-order valence-electron chi connectivity index (χ3n) is 3.66. The Kier molecular flexibility index (Phi) is 4.76. The number of ketones is 1. The van der Waals surface area contributed by atoms with E-state index < -0.39 is 0 Å². The highest BCUT2D eigenvalue weighted by Crippen LogP contribution is 2.35. The quantitative estimate of drug-likeness (QED) is 0.771. The van der Waals surface area contributed by atoms with Gasteiger partial charge in [-0.05, 0) is 40.4 Å². The average molecular weight is 337 g/mol. The lowest BCUT2D eigenvalue weighted by Crippen LogP contribution is -2.27. The summed E-state index contributed by atoms with van der Waals surface area (Å²) in [6.45, 7) is 3.64. The molecule has 1 aromatic carbocycles. The van der Waals surface area contributed by atoms with Gasteiger partial charge in [0.1, 0.15) is 16.4 Å². The van der Waals surface area contributed by atoms with E-state index in [1.807, 2.05) is 30.3 Å². The van der Waals surface area contributed by atoms with Crippen LogP contribution in [-0.2, 0) is 14.3 Å². The van der Waals surface area contributed by atoms with Crippen LogP contribution in [0.25, 0.3) is 0 Å². The van der Waals surface area contributed by atoms with Crippen molar-refractivity contribution in [3.05, 3.63) is 46.5 Å². The van der Waals surface area contributed by atoms with Gasteiger partial charge in [0.25, 0.3) is 0 Å². The first kappa shape index (κ1) is 15.0. The first-order valence-electron chi connectivity index (χ1n) is 6.61. The first-order chi connectivity index (χ1) is 9.49. The molecule has 0 saturated carbocycles. The molecule has 0 spiro atoms. The molecule has 0 aromatic heterocycles. The minimum absolute atomic E-state index is 0.0473. The van der Waals surface area contributed by atoms with Gasteiger partial charge in [0.2, 0.25) is 0 Å². The van der Waals surface area contributed by atoms with Crippen molar-refractivity contribution in [2.24, 2.45) is 5.92 Å². The van der Waals surface area contributed by atoms with E-state index in [1.165, 1.54) is 0 Å². The number of carbonyl (C=O) groups excluding carboxylic acids is 2. The van der Waals surface area contributed by atoms with Crippen LogP contribution in [0.4, 0.5) is 0 Å². The van der Waals surface area contributed by atoms with Gasteiger partial charge >= 0.3 is 5.97 Å². The summed E-state index contributed by atoms with van der Waals surface area (Å²) in [5.41, 5.74) is 1.14. The summed E-state index contributed by atoms with van der Waals surface area (Å²) in [6.07, 6.45) is 1.80. The van der Waals surface area contributed by atoms with Crippen LogP contribution in [0, 0.1) is 5.92 Å². The Morgan fingerprint density at radius 3 is 2.50 bits per heavy atom. The smallest absolute Gasteiger partial charge is 0.345 e. The van der Waals surface area contributed by atoms with Crippen molar-refractivity contribution in [1.29, 1.82) is 0 Å². The number of hydrogen-bond donors (Lipinski definition) is 0. The molecule has 2 rings (SSSR count). The zero-order chi connectivity index (χ0) is 14.7. The summed E-state index contributed by atoms with van der Waals surface area (Å²) in [4.78, 5) is 23.0. The Morgan fingerprint density at radius 2 is 2.00 bits per heavy atom. The fourth-order valence-electron chi connectivity index (χ4n) is 2.55. The largest absolute Gasteiger partial charge is 0.454 e. The summed E-state index contributed by atoms with van der Waals surface area (Å²) in [7, 11) is 0. The SMILES string of the molecule is CC(=O)C[C@@H]([C@H]1C=C(Br)C(=O)O1)[C@@H](C)c1ccccc1. The van der Waals surface area contributed by atoms with Gasteiger partial charge in [-0.1, -0.05) is 37.3 Å². The van der Waals surface area contributed by atoms with Crippen molar-refractivity contribution in [1.82, 2.24) is 0 Å². The molecule has 0 fully saturated rings. The van der Waals surface area contributed by atoms with Crippen molar-refractivity contribution >= 4 is 27.7 Å². The van der Waals surface area contributed by atoms with E-state index >= 15 is 0 Å². The number of esters is 1. The molecule has 1 aliphatic heterocycles. The molecule has 1 aliphatic rings. The minimum Gasteiger partial charge on any atom is -0.454 e. The third kappa shape index (κ3) is 3.37. The van der Waals surface area contributed by atoms with Gasteiger partial charge in [-0.3, -0.25) is 0 Å². The molecule has 3 atom stereocenters. The highest BCUT2D eigenvalue weighted by molar-refractivity contribution is 9.12. The van der Waals surface area contributed by atoms with Gasteiger partial charge in [-0.15, -0.1) is 0 Å². The lowest BCUT2D eigenvalue weighted by molar-refractivity contribution is -0.142. The van der Waals surface area contributed by atoms with Crippen LogP contribution in [0.2, 0.25) is 0 Å². The van der Waals surface area contributed by atoms with Crippen LogP contribution in [0.15, 0.2) is 40.9 Å². The Morgan fingerprint density at radius 1 is 1.35 bits per heavy atom. The number of benzene rings is 1. The molecule has 0 unspecified atom stereocenters. The van der Waals surface area contributed by atoms with Crippen LogP contribution in [0.5, 0.6) is 0 Å². The monoisotopic (exact) mass is 336 g/mol. The fourth-order valence-corrected chi connectivity index (χ4v) is 2.90. The predicted molar refractivity (Wildman–Crippen MR) is 80.5 cm³/mol. The first-order valence-corrected chi connectivity index (χ1v) is 7.41. The highest BCUT2D eigenvalue weighted by Gasteiger charge is 2.35. The second kappa shape index (κ2) is 6.35. The van der Waals surface area contributed by atoms with E-state index in [9.17, 15) is 9.59 Å². The molecule has 106 valence electrons. The second-order valence-corrected chi connectivity index (χ2v) is 6.01. The molecule has 0 N–H and O–H groups in total. The van der Waals surface area contributed by atoms with E-state index in [0.29, 0.717) is 10.9 Å². The molecule has 0 saturated heterocycles. The van der Waals surface area contributed by atoms with Crippen molar-refractivity contribution in [3.8, 4) is 0 Å². The molecule has 0 radical (unpaired) electrons. The van der Waals surface area contributed by atoms with Gasteiger partial charge in [0.05, 0.1) is 0 Å². The number of rotatable bonds is 5. The summed E-state index contributed by atoms with van der Waals surface area (Å²) < 4.78 is 5.79. The maximum Gasteiger partial charge on any atom is 0.345 e. The van der Waals surface area contributed by atoms with Gasteiger partial charge in [-0.2, -0.15) is 0 Å². The van der Waals surface area contributed by atoms with E-state index in [2.05, 4.69) is 22.9 Å². The third-order valence-corrected chi connectivity index (χ3v) is 4.25. The maximum absolute atomic E-state index is 11.5.